The molecule has 4 rings (SSSR count). The monoisotopic (exact) mass is 328 g/mol. The summed E-state index contributed by atoms with van der Waals surface area (Å²) in [7, 11) is 0. The summed E-state index contributed by atoms with van der Waals surface area (Å²) in [5, 5.41) is 4.66. The highest BCUT2D eigenvalue weighted by Gasteiger charge is 2.18. The molecule has 25 heavy (non-hydrogen) atoms. The molecule has 124 valence electrons. The Bertz CT molecular complexity index is 1050. The van der Waals surface area contributed by atoms with Gasteiger partial charge < -0.3 is 4.74 Å². The zero-order chi connectivity index (χ0) is 17.4. The van der Waals surface area contributed by atoms with E-state index >= 15 is 0 Å². The van der Waals surface area contributed by atoms with Gasteiger partial charge >= 0.3 is 0 Å². The topological polar surface area (TPSA) is 35.0 Å². The number of aromatic nitrogens is 2. The van der Waals surface area contributed by atoms with Crippen LogP contribution in [-0.4, -0.2) is 9.97 Å². The van der Waals surface area contributed by atoms with Crippen molar-refractivity contribution < 1.29 is 4.74 Å². The van der Waals surface area contributed by atoms with Crippen LogP contribution in [0.2, 0.25) is 0 Å². The molecular formula is C22H20N2O. The van der Waals surface area contributed by atoms with Crippen LogP contribution in [0.25, 0.3) is 21.5 Å². The SMILES string of the molecule is CC(C)(C)c1cccc2c1ccc1c(Oc3cccnc3)nccc12. The van der Waals surface area contributed by atoms with Gasteiger partial charge in [0.25, 0.3) is 0 Å². The number of rotatable bonds is 2. The summed E-state index contributed by atoms with van der Waals surface area (Å²) in [4.78, 5) is 8.53. The van der Waals surface area contributed by atoms with Gasteiger partial charge in [-0.25, -0.2) is 4.98 Å². The lowest BCUT2D eigenvalue weighted by Crippen LogP contribution is -2.11. The van der Waals surface area contributed by atoms with Gasteiger partial charge in [-0.1, -0.05) is 45.0 Å². The molecule has 3 heteroatoms. The Kier molecular flexibility index (Phi) is 3.65. The van der Waals surface area contributed by atoms with Crippen molar-refractivity contribution in [1.82, 2.24) is 9.97 Å². The third-order valence-electron chi connectivity index (χ3n) is 4.42. The van der Waals surface area contributed by atoms with Crippen molar-refractivity contribution in [1.29, 1.82) is 0 Å². The maximum atomic E-state index is 5.96. The van der Waals surface area contributed by atoms with Crippen LogP contribution in [0.15, 0.2) is 67.1 Å². The van der Waals surface area contributed by atoms with Crippen LogP contribution >= 0.6 is 0 Å². The van der Waals surface area contributed by atoms with E-state index in [1.165, 1.54) is 16.3 Å². The van der Waals surface area contributed by atoms with Crippen molar-refractivity contribution in [2.45, 2.75) is 26.2 Å². The molecule has 0 amide bonds. The summed E-state index contributed by atoms with van der Waals surface area (Å²) in [6.45, 7) is 6.74. The molecule has 2 aromatic carbocycles. The Morgan fingerprint density at radius 1 is 0.760 bits per heavy atom. The molecule has 2 heterocycles. The van der Waals surface area contributed by atoms with E-state index in [1.807, 2.05) is 12.1 Å². The molecule has 0 saturated carbocycles. The Morgan fingerprint density at radius 3 is 2.32 bits per heavy atom. The molecule has 3 nitrogen and oxygen atoms in total. The largest absolute Gasteiger partial charge is 0.437 e. The van der Waals surface area contributed by atoms with E-state index in [2.05, 4.69) is 67.1 Å². The molecule has 0 fully saturated rings. The van der Waals surface area contributed by atoms with Crippen LogP contribution in [-0.2, 0) is 5.41 Å². The molecule has 0 spiro atoms. The van der Waals surface area contributed by atoms with Crippen LogP contribution in [0.4, 0.5) is 0 Å². The molecule has 0 bridgehead atoms. The van der Waals surface area contributed by atoms with Gasteiger partial charge in [-0.3, -0.25) is 4.98 Å². The molecule has 0 aliphatic carbocycles. The van der Waals surface area contributed by atoms with Crippen molar-refractivity contribution >= 4 is 21.5 Å². The molecule has 0 unspecified atom stereocenters. The predicted molar refractivity (Wildman–Crippen MR) is 102 cm³/mol. The lowest BCUT2D eigenvalue weighted by Gasteiger charge is -2.22. The second kappa shape index (κ2) is 5.85. The van der Waals surface area contributed by atoms with E-state index in [0.29, 0.717) is 11.6 Å². The first-order valence-electron chi connectivity index (χ1n) is 8.43. The van der Waals surface area contributed by atoms with Crippen LogP contribution in [0.3, 0.4) is 0 Å². The normalized spacial score (nSPS) is 11.8. The van der Waals surface area contributed by atoms with E-state index in [-0.39, 0.29) is 5.41 Å². The minimum atomic E-state index is 0.0925. The van der Waals surface area contributed by atoms with E-state index < -0.39 is 0 Å². The third-order valence-corrected chi connectivity index (χ3v) is 4.42. The van der Waals surface area contributed by atoms with Gasteiger partial charge in [0.15, 0.2) is 0 Å². The minimum absolute atomic E-state index is 0.0925. The maximum Gasteiger partial charge on any atom is 0.227 e. The molecule has 0 radical (unpaired) electrons. The standard InChI is InChI=1S/C22H20N2O/c1-22(2,3)20-8-4-7-16-17-11-13-24-21(19(17)10-9-18(16)20)25-15-6-5-12-23-14-15/h4-14H,1-3H3. The van der Waals surface area contributed by atoms with E-state index in [1.54, 1.807) is 18.6 Å². The fourth-order valence-corrected chi connectivity index (χ4v) is 3.25. The molecular weight excluding hydrogens is 308 g/mol. The van der Waals surface area contributed by atoms with Crippen molar-refractivity contribution in [2.75, 3.05) is 0 Å². The maximum absolute atomic E-state index is 5.96. The first kappa shape index (κ1) is 15.6. The number of benzene rings is 2. The first-order valence-corrected chi connectivity index (χ1v) is 8.43. The highest BCUT2D eigenvalue weighted by Crippen LogP contribution is 2.36. The summed E-state index contributed by atoms with van der Waals surface area (Å²) >= 11 is 0. The summed E-state index contributed by atoms with van der Waals surface area (Å²) in [6.07, 6.45) is 5.22. The fourth-order valence-electron chi connectivity index (χ4n) is 3.25. The highest BCUT2D eigenvalue weighted by molar-refractivity contribution is 6.10. The summed E-state index contributed by atoms with van der Waals surface area (Å²) in [5.74, 6) is 1.29. The van der Waals surface area contributed by atoms with E-state index in [0.717, 1.165) is 10.8 Å². The van der Waals surface area contributed by atoms with Crippen molar-refractivity contribution in [3.05, 3.63) is 72.7 Å². The molecule has 0 saturated heterocycles. The Morgan fingerprint density at radius 2 is 1.56 bits per heavy atom. The zero-order valence-corrected chi connectivity index (χ0v) is 14.7. The Labute approximate surface area is 147 Å². The molecule has 4 aromatic rings. The van der Waals surface area contributed by atoms with Gasteiger partial charge in [-0.05, 0) is 51.4 Å². The molecule has 0 aliphatic heterocycles. The lowest BCUT2D eigenvalue weighted by molar-refractivity contribution is 0.467. The van der Waals surface area contributed by atoms with Crippen LogP contribution in [0.5, 0.6) is 11.6 Å². The highest BCUT2D eigenvalue weighted by atomic mass is 16.5. The molecule has 0 aliphatic rings. The predicted octanol–water partition coefficient (Wildman–Crippen LogP) is 5.87. The Hall–Kier alpha value is -2.94. The van der Waals surface area contributed by atoms with Crippen molar-refractivity contribution in [3.8, 4) is 11.6 Å². The molecule has 2 aromatic heterocycles. The number of nitrogens with zero attached hydrogens (tertiary/aromatic N) is 2. The summed E-state index contributed by atoms with van der Waals surface area (Å²) in [5.41, 5.74) is 1.44. The van der Waals surface area contributed by atoms with E-state index in [4.69, 9.17) is 4.74 Å². The lowest BCUT2D eigenvalue weighted by atomic mass is 9.83. The zero-order valence-electron chi connectivity index (χ0n) is 14.7. The van der Waals surface area contributed by atoms with Crippen LogP contribution in [0.1, 0.15) is 26.3 Å². The summed E-state index contributed by atoms with van der Waals surface area (Å²) < 4.78 is 5.96. The van der Waals surface area contributed by atoms with Gasteiger partial charge in [0.05, 0.1) is 6.20 Å². The fraction of sp³-hybridized carbons (Fsp3) is 0.182. The molecule has 0 atom stereocenters. The van der Waals surface area contributed by atoms with E-state index in [9.17, 15) is 0 Å². The second-order valence-electron chi connectivity index (χ2n) is 7.22. The van der Waals surface area contributed by atoms with Crippen molar-refractivity contribution in [2.24, 2.45) is 0 Å². The van der Waals surface area contributed by atoms with Gasteiger partial charge in [0, 0.05) is 17.8 Å². The molecule has 0 N–H and O–H groups in total. The number of fused-ring (bicyclic) bond motifs is 3. The first-order chi connectivity index (χ1) is 12.0. The van der Waals surface area contributed by atoms with Crippen LogP contribution in [0, 0.1) is 0 Å². The third kappa shape index (κ3) is 2.82. The van der Waals surface area contributed by atoms with Gasteiger partial charge in [0.2, 0.25) is 5.88 Å². The van der Waals surface area contributed by atoms with Crippen LogP contribution < -0.4 is 4.74 Å². The average molecular weight is 328 g/mol. The van der Waals surface area contributed by atoms with Crippen molar-refractivity contribution in [3.63, 3.8) is 0 Å². The number of ether oxygens (including phenoxy) is 1. The smallest absolute Gasteiger partial charge is 0.227 e. The Balaban J connectivity index is 1.93. The quantitative estimate of drug-likeness (QED) is 0.431. The number of hydrogen-bond donors (Lipinski definition) is 0. The minimum Gasteiger partial charge on any atom is -0.437 e. The number of hydrogen-bond acceptors (Lipinski definition) is 3. The second-order valence-corrected chi connectivity index (χ2v) is 7.22. The number of pyridine rings is 2. The van der Waals surface area contributed by atoms with Gasteiger partial charge in [0.1, 0.15) is 5.75 Å². The van der Waals surface area contributed by atoms with Gasteiger partial charge in [-0.15, -0.1) is 0 Å². The average Bonchev–Trinajstić information content (AvgIpc) is 2.61. The van der Waals surface area contributed by atoms with Gasteiger partial charge in [-0.2, -0.15) is 0 Å². The summed E-state index contributed by atoms with van der Waals surface area (Å²) in [6, 6.07) is 16.6.